The number of anilines is 1. The molecule has 7 nitrogen and oxygen atoms in total. The maximum Gasteiger partial charge on any atom is 0.316 e. The molecule has 122 valence electrons. The van der Waals surface area contributed by atoms with Gasteiger partial charge in [-0.15, -0.1) is 10.2 Å². The van der Waals surface area contributed by atoms with Crippen LogP contribution in [0.1, 0.15) is 6.92 Å². The molecule has 0 saturated heterocycles. The summed E-state index contributed by atoms with van der Waals surface area (Å²) >= 11 is 3.79. The normalized spacial score (nSPS) is 10.3. The Balaban J connectivity index is 1.75. The third kappa shape index (κ3) is 6.55. The predicted octanol–water partition coefficient (Wildman–Crippen LogP) is 2.32. The Kier molecular flexibility index (Phi) is 7.30. The van der Waals surface area contributed by atoms with E-state index in [9.17, 15) is 9.59 Å². The highest BCUT2D eigenvalue weighted by molar-refractivity contribution is 8.01. The number of hydrogen-bond acceptors (Lipinski definition) is 9. The highest BCUT2D eigenvalue weighted by Gasteiger charge is 2.11. The number of hydrogen-bond donors (Lipinski definition) is 1. The zero-order valence-electron chi connectivity index (χ0n) is 12.2. The Morgan fingerprint density at radius 2 is 2.13 bits per heavy atom. The minimum absolute atomic E-state index is 0.173. The summed E-state index contributed by atoms with van der Waals surface area (Å²) in [6.07, 6.45) is 1.68. The minimum atomic E-state index is -0.301. The number of thioether (sulfide) groups is 2. The van der Waals surface area contributed by atoms with Crippen molar-refractivity contribution in [3.63, 3.8) is 0 Å². The molecule has 0 radical (unpaired) electrons. The fourth-order valence-electron chi connectivity index (χ4n) is 1.37. The Morgan fingerprint density at radius 3 is 2.87 bits per heavy atom. The number of aromatic nitrogens is 3. The van der Waals surface area contributed by atoms with Crippen LogP contribution in [-0.2, 0) is 14.3 Å². The van der Waals surface area contributed by atoms with Gasteiger partial charge in [0.1, 0.15) is 0 Å². The van der Waals surface area contributed by atoms with Gasteiger partial charge in [-0.05, 0) is 19.1 Å². The van der Waals surface area contributed by atoms with E-state index in [-0.39, 0.29) is 23.4 Å². The third-order valence-electron chi connectivity index (χ3n) is 2.26. The summed E-state index contributed by atoms with van der Waals surface area (Å²) in [5.74, 6) is -0.0720. The Morgan fingerprint density at radius 1 is 1.26 bits per heavy atom. The number of amides is 1. The number of carbonyl (C=O) groups excluding carboxylic acids is 2. The molecule has 1 amide bonds. The number of nitrogens with one attached hydrogen (secondary N) is 1. The highest BCUT2D eigenvalue weighted by atomic mass is 32.2. The maximum absolute atomic E-state index is 11.8. The molecular weight excluding hydrogens is 356 g/mol. The van der Waals surface area contributed by atoms with Gasteiger partial charge in [-0.25, -0.2) is 4.98 Å². The maximum atomic E-state index is 11.8. The van der Waals surface area contributed by atoms with Crippen LogP contribution in [0.25, 0.3) is 0 Å². The average molecular weight is 370 g/mol. The van der Waals surface area contributed by atoms with Crippen molar-refractivity contribution >= 4 is 51.9 Å². The monoisotopic (exact) mass is 370 g/mol. The van der Waals surface area contributed by atoms with E-state index >= 15 is 0 Å². The Bertz CT molecular complexity index is 651. The first-order valence-corrected chi connectivity index (χ1v) is 9.41. The molecule has 0 saturated carbocycles. The first kappa shape index (κ1) is 17.7. The van der Waals surface area contributed by atoms with Gasteiger partial charge in [0, 0.05) is 6.20 Å². The smallest absolute Gasteiger partial charge is 0.316 e. The molecule has 1 N–H and O–H groups in total. The molecule has 2 aromatic rings. The number of esters is 1. The molecule has 0 bridgehead atoms. The quantitative estimate of drug-likeness (QED) is 0.430. The molecule has 2 aromatic heterocycles. The van der Waals surface area contributed by atoms with E-state index in [1.54, 1.807) is 13.1 Å². The number of rotatable bonds is 8. The van der Waals surface area contributed by atoms with Crippen LogP contribution < -0.4 is 5.32 Å². The highest BCUT2D eigenvalue weighted by Crippen LogP contribution is 2.25. The van der Waals surface area contributed by atoms with Crippen molar-refractivity contribution in [2.24, 2.45) is 0 Å². The number of ether oxygens (including phenoxy) is 1. The molecule has 0 aliphatic carbocycles. The molecule has 0 aliphatic rings. The fourth-order valence-corrected chi connectivity index (χ4v) is 3.60. The van der Waals surface area contributed by atoms with Crippen LogP contribution in [0.4, 0.5) is 5.13 Å². The number of nitrogens with zero attached hydrogens (tertiary/aromatic N) is 3. The number of pyridine rings is 1. The van der Waals surface area contributed by atoms with Crippen LogP contribution in [0.5, 0.6) is 0 Å². The lowest BCUT2D eigenvalue weighted by Crippen LogP contribution is -2.13. The summed E-state index contributed by atoms with van der Waals surface area (Å²) in [5.41, 5.74) is 0. The first-order chi connectivity index (χ1) is 11.2. The molecule has 0 unspecified atom stereocenters. The molecule has 0 fully saturated rings. The van der Waals surface area contributed by atoms with Crippen molar-refractivity contribution in [1.29, 1.82) is 0 Å². The van der Waals surface area contributed by atoms with E-state index in [1.165, 1.54) is 34.9 Å². The van der Waals surface area contributed by atoms with Crippen molar-refractivity contribution in [3.8, 4) is 0 Å². The predicted molar refractivity (Wildman–Crippen MR) is 90.9 cm³/mol. The fraction of sp³-hybridized carbons (Fsp3) is 0.308. The van der Waals surface area contributed by atoms with E-state index < -0.39 is 0 Å². The second-order valence-electron chi connectivity index (χ2n) is 3.97. The largest absolute Gasteiger partial charge is 0.465 e. The van der Waals surface area contributed by atoms with Gasteiger partial charge >= 0.3 is 5.97 Å². The summed E-state index contributed by atoms with van der Waals surface area (Å²) < 4.78 is 5.43. The molecular formula is C13H14N4O3S3. The zero-order valence-corrected chi connectivity index (χ0v) is 14.7. The van der Waals surface area contributed by atoms with Crippen LogP contribution in [0.2, 0.25) is 0 Å². The molecule has 2 heterocycles. The van der Waals surface area contributed by atoms with Crippen molar-refractivity contribution in [2.45, 2.75) is 16.3 Å². The summed E-state index contributed by atoms with van der Waals surface area (Å²) in [5, 5.41) is 11.6. The summed E-state index contributed by atoms with van der Waals surface area (Å²) in [7, 11) is 0. The lowest BCUT2D eigenvalue weighted by atomic mass is 10.5. The Hall–Kier alpha value is -1.65. The van der Waals surface area contributed by atoms with Gasteiger partial charge in [-0.3, -0.25) is 14.9 Å². The van der Waals surface area contributed by atoms with Gasteiger partial charge in [0.15, 0.2) is 4.34 Å². The molecule has 0 aromatic carbocycles. The van der Waals surface area contributed by atoms with Gasteiger partial charge in [-0.1, -0.05) is 40.9 Å². The van der Waals surface area contributed by atoms with Crippen LogP contribution >= 0.6 is 34.9 Å². The van der Waals surface area contributed by atoms with Crippen LogP contribution in [0.15, 0.2) is 33.8 Å². The van der Waals surface area contributed by atoms with Gasteiger partial charge in [0.05, 0.1) is 23.1 Å². The van der Waals surface area contributed by atoms with Crippen molar-refractivity contribution in [2.75, 3.05) is 23.4 Å². The van der Waals surface area contributed by atoms with E-state index in [2.05, 4.69) is 20.5 Å². The first-order valence-electron chi connectivity index (χ1n) is 6.63. The van der Waals surface area contributed by atoms with Crippen LogP contribution in [0.3, 0.4) is 0 Å². The average Bonchev–Trinajstić information content (AvgIpc) is 3.00. The molecule has 2 rings (SSSR count). The third-order valence-corrected chi connectivity index (χ3v) is 5.15. The van der Waals surface area contributed by atoms with Crippen molar-refractivity contribution in [3.05, 3.63) is 24.4 Å². The topological polar surface area (TPSA) is 94.1 Å². The van der Waals surface area contributed by atoms with Gasteiger partial charge in [0.25, 0.3) is 0 Å². The van der Waals surface area contributed by atoms with E-state index in [1.807, 2.05) is 18.2 Å². The van der Waals surface area contributed by atoms with Crippen LogP contribution in [0, 0.1) is 0 Å². The van der Waals surface area contributed by atoms with E-state index in [4.69, 9.17) is 4.74 Å². The second-order valence-corrected chi connectivity index (χ2v) is 7.17. The van der Waals surface area contributed by atoms with Crippen LogP contribution in [-0.4, -0.2) is 45.2 Å². The lowest BCUT2D eigenvalue weighted by molar-refractivity contribution is -0.139. The molecule has 23 heavy (non-hydrogen) atoms. The summed E-state index contributed by atoms with van der Waals surface area (Å²) in [4.78, 5) is 27.2. The van der Waals surface area contributed by atoms with E-state index in [0.29, 0.717) is 16.1 Å². The van der Waals surface area contributed by atoms with Gasteiger partial charge in [0.2, 0.25) is 11.0 Å². The molecule has 0 spiro atoms. The van der Waals surface area contributed by atoms with Gasteiger partial charge < -0.3 is 4.74 Å². The minimum Gasteiger partial charge on any atom is -0.465 e. The van der Waals surface area contributed by atoms with E-state index in [0.717, 1.165) is 5.03 Å². The SMILES string of the molecule is CCOC(=O)CSc1nnc(NC(=O)CSc2ccccn2)s1. The second kappa shape index (κ2) is 9.48. The van der Waals surface area contributed by atoms with Crippen molar-refractivity contribution < 1.29 is 14.3 Å². The van der Waals surface area contributed by atoms with Gasteiger partial charge in [-0.2, -0.15) is 0 Å². The summed E-state index contributed by atoms with van der Waals surface area (Å²) in [6, 6.07) is 5.53. The Labute approximate surface area is 145 Å². The standard InChI is InChI=1S/C13H14N4O3S3/c1-2-20-11(19)8-22-13-17-16-12(23-13)15-9(18)7-21-10-5-3-4-6-14-10/h3-6H,2,7-8H2,1H3,(H,15,16,18). The lowest BCUT2D eigenvalue weighted by Gasteiger charge is -2.00. The molecule has 0 aliphatic heterocycles. The van der Waals surface area contributed by atoms with Crippen molar-refractivity contribution in [1.82, 2.24) is 15.2 Å². The molecule has 10 heteroatoms. The molecule has 0 atom stereocenters. The zero-order chi connectivity index (χ0) is 16.5. The summed E-state index contributed by atoms with van der Waals surface area (Å²) in [6.45, 7) is 2.11. The number of carbonyl (C=O) groups is 2.